The highest BCUT2D eigenvalue weighted by molar-refractivity contribution is 8.00. The van der Waals surface area contributed by atoms with Gasteiger partial charge in [0.25, 0.3) is 5.56 Å². The molecule has 0 saturated heterocycles. The van der Waals surface area contributed by atoms with Crippen LogP contribution in [0.1, 0.15) is 32.4 Å². The van der Waals surface area contributed by atoms with Crippen LogP contribution < -0.4 is 10.9 Å². The fourth-order valence-corrected chi connectivity index (χ4v) is 4.30. The van der Waals surface area contributed by atoms with Crippen molar-refractivity contribution in [2.75, 3.05) is 5.32 Å². The Morgan fingerprint density at radius 2 is 1.75 bits per heavy atom. The second kappa shape index (κ2) is 9.00. The molecule has 1 unspecified atom stereocenters. The first kappa shape index (κ1) is 21.8. The minimum atomic E-state index is -0.490. The van der Waals surface area contributed by atoms with E-state index < -0.39 is 5.25 Å². The zero-order chi connectivity index (χ0) is 22.8. The number of para-hydroxylation sites is 1. The van der Waals surface area contributed by atoms with E-state index in [4.69, 9.17) is 4.98 Å². The fourth-order valence-electron chi connectivity index (χ4n) is 3.38. The van der Waals surface area contributed by atoms with Gasteiger partial charge in [0.1, 0.15) is 5.82 Å². The first-order chi connectivity index (χ1) is 15.3. The molecule has 0 aliphatic rings. The van der Waals surface area contributed by atoms with Gasteiger partial charge >= 0.3 is 0 Å². The second-order valence-electron chi connectivity index (χ2n) is 7.89. The third-order valence-corrected chi connectivity index (χ3v) is 6.15. The quantitative estimate of drug-likeness (QED) is 0.345. The van der Waals surface area contributed by atoms with E-state index in [-0.39, 0.29) is 17.5 Å². The maximum Gasteiger partial charge on any atom is 0.266 e. The monoisotopic (exact) mass is 447 g/mol. The number of amides is 1. The van der Waals surface area contributed by atoms with Gasteiger partial charge in [0.15, 0.2) is 5.16 Å². The van der Waals surface area contributed by atoms with Crippen LogP contribution in [0.4, 0.5) is 5.82 Å². The van der Waals surface area contributed by atoms with Crippen LogP contribution in [0.25, 0.3) is 16.6 Å². The van der Waals surface area contributed by atoms with E-state index in [1.54, 1.807) is 34.5 Å². The molecular weight excluding hydrogens is 422 g/mol. The van der Waals surface area contributed by atoms with E-state index in [0.29, 0.717) is 27.6 Å². The molecule has 8 heteroatoms. The van der Waals surface area contributed by atoms with Crippen molar-refractivity contribution in [3.05, 3.63) is 76.7 Å². The van der Waals surface area contributed by atoms with Crippen LogP contribution in [0.2, 0.25) is 0 Å². The maximum absolute atomic E-state index is 13.4. The third kappa shape index (κ3) is 4.31. The van der Waals surface area contributed by atoms with Gasteiger partial charge in [-0.15, -0.1) is 0 Å². The van der Waals surface area contributed by atoms with Gasteiger partial charge in [-0.2, -0.15) is 5.10 Å². The molecule has 2 heterocycles. The topological polar surface area (TPSA) is 81.8 Å². The Balaban J connectivity index is 1.70. The van der Waals surface area contributed by atoms with Crippen LogP contribution >= 0.6 is 11.8 Å². The van der Waals surface area contributed by atoms with Gasteiger partial charge in [-0.1, -0.05) is 41.6 Å². The summed E-state index contributed by atoms with van der Waals surface area (Å²) in [6.07, 6.45) is 1.66. The molecule has 7 nitrogen and oxygen atoms in total. The standard InChI is InChI=1S/C24H25N5O2S/c1-15(2)29-21(13-14-25-29)27-22(30)17(4)32-24-26-20-8-6-5-7-19(20)23(31)28(24)18-11-9-16(3)10-12-18/h5-15,17H,1-4H3,(H,27,30). The van der Waals surface area contributed by atoms with Crippen molar-refractivity contribution in [3.8, 4) is 5.69 Å². The zero-order valence-electron chi connectivity index (χ0n) is 18.4. The summed E-state index contributed by atoms with van der Waals surface area (Å²) in [7, 11) is 0. The molecule has 0 fully saturated rings. The summed E-state index contributed by atoms with van der Waals surface area (Å²) in [5.74, 6) is 0.454. The molecule has 2 aromatic heterocycles. The highest BCUT2D eigenvalue weighted by Gasteiger charge is 2.21. The number of fused-ring (bicyclic) bond motifs is 1. The molecule has 0 saturated carbocycles. The van der Waals surface area contributed by atoms with E-state index in [0.717, 1.165) is 5.56 Å². The van der Waals surface area contributed by atoms with Crippen LogP contribution in [0, 0.1) is 6.92 Å². The minimum absolute atomic E-state index is 0.122. The summed E-state index contributed by atoms with van der Waals surface area (Å²) in [4.78, 5) is 31.0. The predicted octanol–water partition coefficient (Wildman–Crippen LogP) is 4.59. The van der Waals surface area contributed by atoms with Gasteiger partial charge in [-0.3, -0.25) is 14.2 Å². The van der Waals surface area contributed by atoms with Gasteiger partial charge < -0.3 is 5.32 Å². The molecule has 1 amide bonds. The van der Waals surface area contributed by atoms with E-state index in [1.165, 1.54) is 11.8 Å². The molecule has 0 spiro atoms. The minimum Gasteiger partial charge on any atom is -0.310 e. The fraction of sp³-hybridized carbons (Fsp3) is 0.250. The van der Waals surface area contributed by atoms with E-state index in [9.17, 15) is 9.59 Å². The molecule has 164 valence electrons. The summed E-state index contributed by atoms with van der Waals surface area (Å²) in [5, 5.41) is 7.71. The van der Waals surface area contributed by atoms with Crippen molar-refractivity contribution in [1.29, 1.82) is 0 Å². The predicted molar refractivity (Wildman–Crippen MR) is 129 cm³/mol. The van der Waals surface area contributed by atoms with Gasteiger partial charge in [0.2, 0.25) is 5.91 Å². The Morgan fingerprint density at radius 1 is 1.03 bits per heavy atom. The maximum atomic E-state index is 13.4. The van der Waals surface area contributed by atoms with Crippen molar-refractivity contribution in [1.82, 2.24) is 19.3 Å². The number of aromatic nitrogens is 4. The zero-order valence-corrected chi connectivity index (χ0v) is 19.3. The summed E-state index contributed by atoms with van der Waals surface area (Å²) >= 11 is 1.25. The number of hydrogen-bond acceptors (Lipinski definition) is 5. The van der Waals surface area contributed by atoms with Gasteiger partial charge in [-0.05, 0) is 52.0 Å². The number of aryl methyl sites for hydroxylation is 1. The second-order valence-corrected chi connectivity index (χ2v) is 9.20. The van der Waals surface area contributed by atoms with E-state index >= 15 is 0 Å². The van der Waals surface area contributed by atoms with Crippen LogP contribution in [-0.4, -0.2) is 30.5 Å². The largest absolute Gasteiger partial charge is 0.310 e. The molecule has 0 aliphatic heterocycles. The highest BCUT2D eigenvalue weighted by Crippen LogP contribution is 2.26. The Labute approximate surface area is 190 Å². The first-order valence-corrected chi connectivity index (χ1v) is 11.3. The summed E-state index contributed by atoms with van der Waals surface area (Å²) in [5.41, 5.74) is 2.26. The van der Waals surface area contributed by atoms with Crippen molar-refractivity contribution in [2.45, 2.75) is 44.1 Å². The number of nitrogens with one attached hydrogen (secondary N) is 1. The van der Waals surface area contributed by atoms with Crippen molar-refractivity contribution < 1.29 is 4.79 Å². The molecule has 2 aromatic carbocycles. The molecule has 1 N–H and O–H groups in total. The first-order valence-electron chi connectivity index (χ1n) is 10.4. The molecule has 4 rings (SSSR count). The smallest absolute Gasteiger partial charge is 0.266 e. The number of carbonyl (C=O) groups excluding carboxylic acids is 1. The highest BCUT2D eigenvalue weighted by atomic mass is 32.2. The number of hydrogen-bond donors (Lipinski definition) is 1. The Morgan fingerprint density at radius 3 is 2.47 bits per heavy atom. The summed E-state index contributed by atoms with van der Waals surface area (Å²) in [6, 6.07) is 16.8. The van der Waals surface area contributed by atoms with Crippen LogP contribution in [0.15, 0.2) is 70.7 Å². The van der Waals surface area contributed by atoms with Gasteiger partial charge in [0.05, 0.1) is 28.0 Å². The number of benzene rings is 2. The average Bonchev–Trinajstić information content (AvgIpc) is 3.23. The number of rotatable bonds is 6. The van der Waals surface area contributed by atoms with E-state index in [2.05, 4.69) is 10.4 Å². The Hall–Kier alpha value is -3.39. The Bertz CT molecular complexity index is 1320. The third-order valence-electron chi connectivity index (χ3n) is 5.10. The number of nitrogens with zero attached hydrogens (tertiary/aromatic N) is 4. The lowest BCUT2D eigenvalue weighted by Crippen LogP contribution is -2.27. The summed E-state index contributed by atoms with van der Waals surface area (Å²) < 4.78 is 3.33. The summed E-state index contributed by atoms with van der Waals surface area (Å²) in [6.45, 7) is 7.80. The average molecular weight is 448 g/mol. The van der Waals surface area contributed by atoms with E-state index in [1.807, 2.05) is 63.2 Å². The number of carbonyl (C=O) groups is 1. The SMILES string of the molecule is Cc1ccc(-n2c(SC(C)C(=O)Nc3ccnn3C(C)C)nc3ccccc3c2=O)cc1. The molecule has 0 aliphatic carbocycles. The number of thioether (sulfide) groups is 1. The number of anilines is 1. The van der Waals surface area contributed by atoms with Crippen LogP contribution in [0.5, 0.6) is 0 Å². The lowest BCUT2D eigenvalue weighted by atomic mass is 10.2. The normalized spacial score (nSPS) is 12.3. The van der Waals surface area contributed by atoms with Crippen molar-refractivity contribution in [2.24, 2.45) is 0 Å². The van der Waals surface area contributed by atoms with Crippen LogP contribution in [-0.2, 0) is 4.79 Å². The van der Waals surface area contributed by atoms with Crippen molar-refractivity contribution >= 4 is 34.4 Å². The molecular formula is C24H25N5O2S. The van der Waals surface area contributed by atoms with Crippen LogP contribution in [0.3, 0.4) is 0 Å². The lowest BCUT2D eigenvalue weighted by Gasteiger charge is -2.17. The molecule has 32 heavy (non-hydrogen) atoms. The molecule has 0 bridgehead atoms. The molecule has 4 aromatic rings. The lowest BCUT2D eigenvalue weighted by molar-refractivity contribution is -0.115. The Kier molecular flexibility index (Phi) is 6.14. The molecule has 1 atom stereocenters. The van der Waals surface area contributed by atoms with Crippen molar-refractivity contribution in [3.63, 3.8) is 0 Å². The molecule has 0 radical (unpaired) electrons. The van der Waals surface area contributed by atoms with Gasteiger partial charge in [-0.25, -0.2) is 9.67 Å². The van der Waals surface area contributed by atoms with Gasteiger partial charge in [0, 0.05) is 12.1 Å².